The maximum Gasteiger partial charge on any atom is 0.317 e. The minimum absolute atomic E-state index is 0.0384. The van der Waals surface area contributed by atoms with Gasteiger partial charge in [-0.2, -0.15) is 0 Å². The Kier molecular flexibility index (Phi) is 5.56. The summed E-state index contributed by atoms with van der Waals surface area (Å²) in [5, 5.41) is 8.69. The molecule has 1 aromatic carbocycles. The van der Waals surface area contributed by atoms with E-state index in [0.717, 1.165) is 5.56 Å². The lowest BCUT2D eigenvalue weighted by Gasteiger charge is -2.14. The van der Waals surface area contributed by atoms with Crippen molar-refractivity contribution in [2.75, 3.05) is 19.6 Å². The molecule has 1 rings (SSSR count). The summed E-state index contributed by atoms with van der Waals surface area (Å²) in [6, 6.07) is 9.83. The van der Waals surface area contributed by atoms with Crippen molar-refractivity contribution >= 4 is 12.0 Å². The van der Waals surface area contributed by atoms with E-state index in [9.17, 15) is 4.79 Å². The highest BCUT2D eigenvalue weighted by atomic mass is 16.4. The number of carboxylic acid groups (broad SMARTS) is 1. The van der Waals surface area contributed by atoms with E-state index in [2.05, 4.69) is 5.92 Å². The van der Waals surface area contributed by atoms with Gasteiger partial charge in [0.1, 0.15) is 0 Å². The highest BCUT2D eigenvalue weighted by Gasteiger charge is 2.05. The van der Waals surface area contributed by atoms with Crippen LogP contribution in [-0.4, -0.2) is 35.6 Å². The fraction of sp³-hybridized carbons (Fsp3) is 0.214. The number of carbonyl (C=O) groups is 1. The largest absolute Gasteiger partial charge is 0.480 e. The predicted octanol–water partition coefficient (Wildman–Crippen LogP) is 1.72. The van der Waals surface area contributed by atoms with Gasteiger partial charge in [0.05, 0.1) is 13.1 Å². The lowest BCUT2D eigenvalue weighted by Crippen LogP contribution is -2.30. The Bertz CT molecular complexity index is 418. The molecule has 0 atom stereocenters. The van der Waals surface area contributed by atoms with E-state index >= 15 is 0 Å². The van der Waals surface area contributed by atoms with Crippen LogP contribution in [0.4, 0.5) is 0 Å². The molecule has 0 amide bonds. The fourth-order valence-corrected chi connectivity index (χ4v) is 1.41. The van der Waals surface area contributed by atoms with Gasteiger partial charge in [-0.25, -0.2) is 0 Å². The molecule has 0 radical (unpaired) electrons. The Balaban J connectivity index is 2.49. The number of terminal acetylenes is 1. The second kappa shape index (κ2) is 7.26. The first-order chi connectivity index (χ1) is 8.22. The quantitative estimate of drug-likeness (QED) is 0.755. The minimum atomic E-state index is -0.867. The second-order valence-corrected chi connectivity index (χ2v) is 3.58. The van der Waals surface area contributed by atoms with Gasteiger partial charge < -0.3 is 5.11 Å². The van der Waals surface area contributed by atoms with E-state index in [0.29, 0.717) is 13.1 Å². The summed E-state index contributed by atoms with van der Waals surface area (Å²) in [5.41, 5.74) is 1.09. The van der Waals surface area contributed by atoms with E-state index in [-0.39, 0.29) is 6.54 Å². The van der Waals surface area contributed by atoms with E-state index in [1.54, 1.807) is 4.90 Å². The topological polar surface area (TPSA) is 40.5 Å². The maximum atomic E-state index is 10.6. The van der Waals surface area contributed by atoms with Gasteiger partial charge in [0.15, 0.2) is 0 Å². The second-order valence-electron chi connectivity index (χ2n) is 3.58. The molecule has 0 saturated heterocycles. The highest BCUT2D eigenvalue weighted by molar-refractivity contribution is 5.69. The average molecular weight is 229 g/mol. The normalized spacial score (nSPS) is 10.6. The van der Waals surface area contributed by atoms with Crippen LogP contribution in [-0.2, 0) is 4.79 Å². The van der Waals surface area contributed by atoms with Gasteiger partial charge in [0.25, 0.3) is 0 Å². The molecule has 3 nitrogen and oxygen atoms in total. The van der Waals surface area contributed by atoms with Gasteiger partial charge >= 0.3 is 5.97 Å². The van der Waals surface area contributed by atoms with Gasteiger partial charge in [0, 0.05) is 6.54 Å². The predicted molar refractivity (Wildman–Crippen MR) is 68.4 cm³/mol. The first kappa shape index (κ1) is 13.0. The third-order valence-electron chi connectivity index (χ3n) is 2.15. The molecule has 0 aromatic heterocycles. The number of rotatable bonds is 6. The van der Waals surface area contributed by atoms with Gasteiger partial charge in [-0.1, -0.05) is 48.4 Å². The molecular weight excluding hydrogens is 214 g/mol. The van der Waals surface area contributed by atoms with Crippen molar-refractivity contribution in [3.8, 4) is 12.3 Å². The van der Waals surface area contributed by atoms with Crippen LogP contribution in [0.15, 0.2) is 36.4 Å². The summed E-state index contributed by atoms with van der Waals surface area (Å²) >= 11 is 0. The molecule has 0 aliphatic carbocycles. The van der Waals surface area contributed by atoms with Crippen molar-refractivity contribution < 1.29 is 9.90 Å². The zero-order valence-electron chi connectivity index (χ0n) is 9.54. The Morgan fingerprint density at radius 1 is 1.41 bits per heavy atom. The van der Waals surface area contributed by atoms with Crippen LogP contribution in [0.3, 0.4) is 0 Å². The molecule has 1 N–H and O–H groups in total. The third-order valence-corrected chi connectivity index (χ3v) is 2.15. The number of benzene rings is 1. The summed E-state index contributed by atoms with van der Waals surface area (Å²) < 4.78 is 0. The first-order valence-electron chi connectivity index (χ1n) is 5.31. The lowest BCUT2D eigenvalue weighted by atomic mass is 10.2. The summed E-state index contributed by atoms with van der Waals surface area (Å²) in [4.78, 5) is 12.3. The lowest BCUT2D eigenvalue weighted by molar-refractivity contribution is -0.138. The number of aliphatic carboxylic acids is 1. The Hall–Kier alpha value is -2.05. The zero-order valence-corrected chi connectivity index (χ0v) is 9.54. The summed E-state index contributed by atoms with van der Waals surface area (Å²) in [5.74, 6) is 1.58. The number of carboxylic acids is 1. The van der Waals surface area contributed by atoms with Crippen LogP contribution in [0, 0.1) is 12.3 Å². The summed E-state index contributed by atoms with van der Waals surface area (Å²) in [6.45, 7) is 0.833. The third kappa shape index (κ3) is 5.55. The van der Waals surface area contributed by atoms with Crippen molar-refractivity contribution in [2.24, 2.45) is 0 Å². The molecule has 0 spiro atoms. The molecular formula is C14H15NO2. The number of nitrogens with zero attached hydrogens (tertiary/aromatic N) is 1. The van der Waals surface area contributed by atoms with Crippen LogP contribution >= 0.6 is 0 Å². The number of hydrogen-bond acceptors (Lipinski definition) is 2. The van der Waals surface area contributed by atoms with Crippen molar-refractivity contribution in [1.29, 1.82) is 0 Å². The van der Waals surface area contributed by atoms with Crippen molar-refractivity contribution in [3.63, 3.8) is 0 Å². The molecule has 0 aliphatic heterocycles. The van der Waals surface area contributed by atoms with Gasteiger partial charge in [-0.15, -0.1) is 6.42 Å². The molecule has 0 fully saturated rings. The van der Waals surface area contributed by atoms with E-state index in [4.69, 9.17) is 11.5 Å². The molecule has 17 heavy (non-hydrogen) atoms. The van der Waals surface area contributed by atoms with Gasteiger partial charge in [0.2, 0.25) is 0 Å². The van der Waals surface area contributed by atoms with Crippen LogP contribution < -0.4 is 0 Å². The van der Waals surface area contributed by atoms with E-state index in [1.807, 2.05) is 42.5 Å². The van der Waals surface area contributed by atoms with E-state index in [1.165, 1.54) is 0 Å². The van der Waals surface area contributed by atoms with E-state index < -0.39 is 5.97 Å². The Morgan fingerprint density at radius 2 is 2.12 bits per heavy atom. The van der Waals surface area contributed by atoms with Crippen LogP contribution in [0.2, 0.25) is 0 Å². The van der Waals surface area contributed by atoms with Gasteiger partial charge in [-0.3, -0.25) is 9.69 Å². The molecule has 0 aliphatic rings. The zero-order chi connectivity index (χ0) is 12.5. The number of hydrogen-bond donors (Lipinski definition) is 1. The maximum absolute atomic E-state index is 10.6. The van der Waals surface area contributed by atoms with Crippen LogP contribution in [0.5, 0.6) is 0 Å². The molecule has 0 heterocycles. The molecule has 0 unspecified atom stereocenters. The fourth-order valence-electron chi connectivity index (χ4n) is 1.41. The molecule has 88 valence electrons. The van der Waals surface area contributed by atoms with Gasteiger partial charge in [-0.05, 0) is 5.56 Å². The highest BCUT2D eigenvalue weighted by Crippen LogP contribution is 2.01. The van der Waals surface area contributed by atoms with Crippen molar-refractivity contribution in [2.45, 2.75) is 0 Å². The molecule has 0 bridgehead atoms. The summed E-state index contributed by atoms with van der Waals surface area (Å²) in [7, 11) is 0. The van der Waals surface area contributed by atoms with Crippen molar-refractivity contribution in [3.05, 3.63) is 42.0 Å². The average Bonchev–Trinajstić information content (AvgIpc) is 2.30. The Labute approximate surface area is 101 Å². The minimum Gasteiger partial charge on any atom is -0.480 e. The molecule has 0 saturated carbocycles. The van der Waals surface area contributed by atoms with Crippen LogP contribution in [0.1, 0.15) is 5.56 Å². The van der Waals surface area contributed by atoms with Crippen LogP contribution in [0.25, 0.3) is 6.08 Å². The molecule has 1 aromatic rings. The standard InChI is InChI=1S/C14H15NO2/c1-2-10-15(12-14(16)17)11-6-9-13-7-4-3-5-8-13/h1,3-9H,10-12H2,(H,16,17). The summed E-state index contributed by atoms with van der Waals surface area (Å²) in [6.07, 6.45) is 9.04. The smallest absolute Gasteiger partial charge is 0.317 e. The SMILES string of the molecule is C#CCN(CC=Cc1ccccc1)CC(=O)O. The molecule has 3 heteroatoms. The Morgan fingerprint density at radius 3 is 2.71 bits per heavy atom. The first-order valence-corrected chi connectivity index (χ1v) is 5.31. The van der Waals surface area contributed by atoms with Crippen molar-refractivity contribution in [1.82, 2.24) is 4.90 Å². The monoisotopic (exact) mass is 229 g/mol.